The Balaban J connectivity index is 0.000000127. The zero-order valence-electron chi connectivity index (χ0n) is 34.9. The number of hydrogen-bond acceptors (Lipinski definition) is 10. The van der Waals surface area contributed by atoms with Crippen LogP contribution in [0, 0.1) is 0 Å². The summed E-state index contributed by atoms with van der Waals surface area (Å²) in [5.41, 5.74) is 10.2. The third-order valence-electron chi connectivity index (χ3n) is 10.3. The summed E-state index contributed by atoms with van der Waals surface area (Å²) < 4.78 is 20.1. The molecule has 0 radical (unpaired) electrons. The van der Waals surface area contributed by atoms with Crippen molar-refractivity contribution in [1.82, 2.24) is 24.5 Å². The van der Waals surface area contributed by atoms with E-state index in [-0.39, 0.29) is 16.7 Å². The molecular weight excluding hydrogens is 919 g/mol. The number of aromatic carboxylic acids is 3. The van der Waals surface area contributed by atoms with Crippen LogP contribution in [0.1, 0.15) is 36.6 Å². The predicted molar refractivity (Wildman–Crippen MR) is 254 cm³/mol. The van der Waals surface area contributed by atoms with E-state index >= 15 is 0 Å². The van der Waals surface area contributed by atoms with E-state index in [0.29, 0.717) is 52.1 Å². The number of carbonyl (C=O) groups is 3. The maximum absolute atomic E-state index is 11.1. The van der Waals surface area contributed by atoms with Gasteiger partial charge in [-0.15, -0.1) is 0 Å². The minimum Gasteiger partial charge on any atom is -0.478 e. The zero-order valence-corrected chi connectivity index (χ0v) is 36.4. The average molecular weight is 953 g/mol. The monoisotopic (exact) mass is 951 g/mol. The summed E-state index contributed by atoms with van der Waals surface area (Å²) in [5, 5.41) is 27.0. The Bertz CT molecular complexity index is 3560. The van der Waals surface area contributed by atoms with Gasteiger partial charge in [-0.3, -0.25) is 0 Å². The van der Waals surface area contributed by atoms with Gasteiger partial charge in [0.1, 0.15) is 16.6 Å². The van der Waals surface area contributed by atoms with Crippen molar-refractivity contribution < 1.29 is 43.0 Å². The predicted octanol–water partition coefficient (Wildman–Crippen LogP) is 12.3. The van der Waals surface area contributed by atoms with Crippen LogP contribution in [0.15, 0.2) is 194 Å². The number of nitrogens with zero attached hydrogens (tertiary/aromatic N) is 5. The molecule has 0 atom stereocenters. The molecule has 0 saturated carbocycles. The molecular formula is C52H34BrN5O9. The fourth-order valence-electron chi connectivity index (χ4n) is 6.99. The van der Waals surface area contributed by atoms with Gasteiger partial charge >= 0.3 is 17.9 Å². The molecule has 11 aromatic rings. The molecule has 15 heteroatoms. The van der Waals surface area contributed by atoms with Crippen LogP contribution in [0.2, 0.25) is 0 Å². The van der Waals surface area contributed by atoms with Crippen molar-refractivity contribution in [1.29, 1.82) is 0 Å². The summed E-state index contributed by atoms with van der Waals surface area (Å²) in [6, 6.07) is 46.9. The van der Waals surface area contributed by atoms with E-state index in [2.05, 4.69) is 35.9 Å². The first kappa shape index (κ1) is 43.3. The topological polar surface area (TPSA) is 208 Å². The Kier molecular flexibility index (Phi) is 12.3. The molecule has 0 aliphatic heterocycles. The van der Waals surface area contributed by atoms with Gasteiger partial charge in [0.2, 0.25) is 17.7 Å². The van der Waals surface area contributed by atoms with E-state index in [1.165, 1.54) is 12.1 Å². The number of rotatable bonds is 9. The molecule has 3 N–H and O–H groups in total. The maximum Gasteiger partial charge on any atom is 0.335 e. The van der Waals surface area contributed by atoms with Gasteiger partial charge in [-0.1, -0.05) is 70.5 Å². The molecule has 4 heterocycles. The van der Waals surface area contributed by atoms with Crippen molar-refractivity contribution >= 4 is 67.1 Å². The number of hydrogen-bond donors (Lipinski definition) is 3. The summed E-state index contributed by atoms with van der Waals surface area (Å²) in [6.45, 7) is 0.695. The lowest BCUT2D eigenvalue weighted by atomic mass is 10.1. The van der Waals surface area contributed by atoms with E-state index in [0.717, 1.165) is 43.3 Å². The van der Waals surface area contributed by atoms with Gasteiger partial charge in [-0.05, 0) is 120 Å². The standard InChI is InChI=1S/C20H13NO3.C18H13N3O3.C14H8BrNO3/c22-20(23)15-8-6-14(7-9-15)19-21-17-12-16(10-11-18(17)24-19)13-4-2-1-3-5-13;22-18(23)14-3-1-2-13(9-14)17-20-15-5-4-12(8-16(15)24-17)10-21-7-6-19-11-21;15-10-4-5-12-11(7-10)16-13(19-12)8-2-1-3-9(6-8)14(17)18/h1-12H,(H,22,23);1-9,11H,10H2,(H,22,23);1-7H,(H,17,18). The van der Waals surface area contributed by atoms with Crippen molar-refractivity contribution in [2.75, 3.05) is 0 Å². The SMILES string of the molecule is O=C(O)c1ccc(-c2nc3cc(-c4ccccc4)ccc3o2)cc1.O=C(O)c1cccc(-c2nc3cc(Br)ccc3o2)c1.O=C(O)c1cccc(-c2nc3ccc(Cn4ccnc4)cc3o2)c1. The Morgan fingerprint density at radius 3 is 1.64 bits per heavy atom. The molecule has 7 aromatic carbocycles. The fraction of sp³-hybridized carbons (Fsp3) is 0.0192. The highest BCUT2D eigenvalue weighted by Crippen LogP contribution is 2.30. The molecule has 0 bridgehead atoms. The quantitative estimate of drug-likeness (QED) is 0.123. The van der Waals surface area contributed by atoms with Gasteiger partial charge in [0.15, 0.2) is 16.7 Å². The van der Waals surface area contributed by atoms with Crippen molar-refractivity contribution in [3.63, 3.8) is 0 Å². The number of oxazole rings is 3. The van der Waals surface area contributed by atoms with E-state index in [1.807, 2.05) is 95.7 Å². The Morgan fingerprint density at radius 1 is 0.478 bits per heavy atom. The van der Waals surface area contributed by atoms with Crippen LogP contribution in [0.25, 0.3) is 78.8 Å². The lowest BCUT2D eigenvalue weighted by molar-refractivity contribution is 0.0686. The number of imidazole rings is 1. The summed E-state index contributed by atoms with van der Waals surface area (Å²) in [6.07, 6.45) is 5.39. The number of halogens is 1. The summed E-state index contributed by atoms with van der Waals surface area (Å²) in [5.74, 6) is -1.60. The van der Waals surface area contributed by atoms with Crippen LogP contribution in [-0.2, 0) is 6.54 Å². The highest BCUT2D eigenvalue weighted by atomic mass is 79.9. The van der Waals surface area contributed by atoms with E-state index < -0.39 is 17.9 Å². The van der Waals surface area contributed by atoms with Gasteiger partial charge in [0, 0.05) is 40.1 Å². The summed E-state index contributed by atoms with van der Waals surface area (Å²) in [7, 11) is 0. The third kappa shape index (κ3) is 10.1. The molecule has 328 valence electrons. The highest BCUT2D eigenvalue weighted by Gasteiger charge is 2.14. The molecule has 0 amide bonds. The number of fused-ring (bicyclic) bond motifs is 3. The normalized spacial score (nSPS) is 10.9. The molecule has 67 heavy (non-hydrogen) atoms. The minimum atomic E-state index is -0.976. The van der Waals surface area contributed by atoms with Crippen LogP contribution in [-0.4, -0.2) is 57.7 Å². The van der Waals surface area contributed by atoms with Crippen molar-refractivity contribution in [2.45, 2.75) is 6.54 Å². The molecule has 0 saturated heterocycles. The summed E-state index contributed by atoms with van der Waals surface area (Å²) >= 11 is 3.37. The number of benzene rings is 7. The molecule has 11 rings (SSSR count). The van der Waals surface area contributed by atoms with E-state index in [4.69, 9.17) is 28.6 Å². The first-order valence-electron chi connectivity index (χ1n) is 20.4. The van der Waals surface area contributed by atoms with E-state index in [1.54, 1.807) is 73.2 Å². The lowest BCUT2D eigenvalue weighted by Gasteiger charge is -2.01. The second kappa shape index (κ2) is 19.0. The lowest BCUT2D eigenvalue weighted by Crippen LogP contribution is -1.95. The molecule has 0 aliphatic carbocycles. The first-order chi connectivity index (χ1) is 32.5. The van der Waals surface area contributed by atoms with Gasteiger partial charge in [-0.25, -0.2) is 34.3 Å². The highest BCUT2D eigenvalue weighted by molar-refractivity contribution is 9.10. The largest absolute Gasteiger partial charge is 0.478 e. The fourth-order valence-corrected chi connectivity index (χ4v) is 7.34. The van der Waals surface area contributed by atoms with Gasteiger partial charge in [0.05, 0.1) is 23.0 Å². The third-order valence-corrected chi connectivity index (χ3v) is 10.8. The molecule has 0 fully saturated rings. The van der Waals surface area contributed by atoms with Crippen LogP contribution >= 0.6 is 15.9 Å². The van der Waals surface area contributed by atoms with Crippen molar-refractivity contribution in [3.8, 4) is 45.5 Å². The van der Waals surface area contributed by atoms with Crippen LogP contribution in [0.3, 0.4) is 0 Å². The second-order valence-electron chi connectivity index (χ2n) is 14.9. The average Bonchev–Trinajstić information content (AvgIpc) is 4.19. The smallest absolute Gasteiger partial charge is 0.335 e. The molecule has 0 aliphatic rings. The Hall–Kier alpha value is -8.95. The molecule has 14 nitrogen and oxygen atoms in total. The first-order valence-corrected chi connectivity index (χ1v) is 21.2. The van der Waals surface area contributed by atoms with Crippen LogP contribution < -0.4 is 0 Å². The Labute approximate surface area is 388 Å². The van der Waals surface area contributed by atoms with Gasteiger partial charge < -0.3 is 33.1 Å². The van der Waals surface area contributed by atoms with Gasteiger partial charge in [0.25, 0.3) is 0 Å². The van der Waals surface area contributed by atoms with Crippen LogP contribution in [0.4, 0.5) is 0 Å². The minimum absolute atomic E-state index is 0.204. The molecule has 4 aromatic heterocycles. The molecule has 0 spiro atoms. The number of aromatic nitrogens is 5. The van der Waals surface area contributed by atoms with Crippen molar-refractivity contribution in [3.05, 3.63) is 203 Å². The summed E-state index contributed by atoms with van der Waals surface area (Å²) in [4.78, 5) is 50.3. The zero-order chi connectivity index (χ0) is 46.4. The molecule has 0 unspecified atom stereocenters. The second-order valence-corrected chi connectivity index (χ2v) is 15.8. The van der Waals surface area contributed by atoms with Gasteiger partial charge in [-0.2, -0.15) is 0 Å². The van der Waals surface area contributed by atoms with Crippen molar-refractivity contribution in [2.24, 2.45) is 0 Å². The number of carboxylic acid groups (broad SMARTS) is 3. The maximum atomic E-state index is 11.1. The van der Waals surface area contributed by atoms with Crippen LogP contribution in [0.5, 0.6) is 0 Å². The number of carboxylic acids is 3. The van der Waals surface area contributed by atoms with E-state index in [9.17, 15) is 14.4 Å². The Morgan fingerprint density at radius 2 is 1.03 bits per heavy atom.